The summed E-state index contributed by atoms with van der Waals surface area (Å²) < 4.78 is 5.13. The van der Waals surface area contributed by atoms with E-state index in [1.165, 1.54) is 70.6 Å². The molecule has 0 heterocycles. The van der Waals surface area contributed by atoms with Crippen molar-refractivity contribution in [2.24, 2.45) is 0 Å². The van der Waals surface area contributed by atoms with Crippen LogP contribution in [0.1, 0.15) is 84.5 Å². The summed E-state index contributed by atoms with van der Waals surface area (Å²) in [5.74, 6) is 0. The summed E-state index contributed by atoms with van der Waals surface area (Å²) in [6.07, 6.45) is 15.1. The fraction of sp³-hybridized carbons (Fsp3) is 1.00. The van der Waals surface area contributed by atoms with Gasteiger partial charge in [-0.3, -0.25) is 0 Å². The first-order valence-electron chi connectivity index (χ1n) is 8.57. The fourth-order valence-electron chi connectivity index (χ4n) is 2.64. The lowest BCUT2D eigenvalue weighted by Crippen LogP contribution is -2.29. The summed E-state index contributed by atoms with van der Waals surface area (Å²) in [4.78, 5) is 0. The van der Waals surface area contributed by atoms with Gasteiger partial charge in [0.05, 0.1) is 0 Å². The van der Waals surface area contributed by atoms with Crippen molar-refractivity contribution < 1.29 is 4.74 Å². The summed E-state index contributed by atoms with van der Waals surface area (Å²) in [6, 6.07) is 0.709. The van der Waals surface area contributed by atoms with Crippen LogP contribution in [-0.4, -0.2) is 26.3 Å². The highest BCUT2D eigenvalue weighted by atomic mass is 16.5. The molecule has 0 bridgehead atoms. The summed E-state index contributed by atoms with van der Waals surface area (Å²) in [5, 5.41) is 3.60. The molecule has 1 atom stereocenters. The minimum Gasteiger partial charge on any atom is -0.385 e. The van der Waals surface area contributed by atoms with E-state index in [1.54, 1.807) is 7.11 Å². The van der Waals surface area contributed by atoms with Crippen molar-refractivity contribution in [2.45, 2.75) is 90.5 Å². The zero-order chi connectivity index (χ0) is 14.2. The topological polar surface area (TPSA) is 21.3 Å². The van der Waals surface area contributed by atoms with Crippen LogP contribution >= 0.6 is 0 Å². The Morgan fingerprint density at radius 3 is 1.95 bits per heavy atom. The molecule has 0 aliphatic heterocycles. The Labute approximate surface area is 121 Å². The van der Waals surface area contributed by atoms with Crippen molar-refractivity contribution in [1.29, 1.82) is 0 Å². The van der Waals surface area contributed by atoms with E-state index in [4.69, 9.17) is 4.74 Å². The van der Waals surface area contributed by atoms with Crippen molar-refractivity contribution >= 4 is 0 Å². The van der Waals surface area contributed by atoms with Crippen LogP contribution < -0.4 is 5.32 Å². The van der Waals surface area contributed by atoms with Gasteiger partial charge in [0.25, 0.3) is 0 Å². The quantitative estimate of drug-likeness (QED) is 0.427. The zero-order valence-electron chi connectivity index (χ0n) is 13.7. The molecule has 0 saturated heterocycles. The van der Waals surface area contributed by atoms with Crippen molar-refractivity contribution in [3.63, 3.8) is 0 Å². The van der Waals surface area contributed by atoms with E-state index in [0.29, 0.717) is 6.04 Å². The van der Waals surface area contributed by atoms with Crippen LogP contribution in [0.2, 0.25) is 0 Å². The molecule has 0 amide bonds. The average Bonchev–Trinajstić information content (AvgIpc) is 2.42. The lowest BCUT2D eigenvalue weighted by molar-refractivity contribution is 0.188. The maximum atomic E-state index is 5.13. The molecule has 116 valence electrons. The summed E-state index contributed by atoms with van der Waals surface area (Å²) in [5.41, 5.74) is 0. The third kappa shape index (κ3) is 14.1. The third-order valence-electron chi connectivity index (χ3n) is 3.80. The fourth-order valence-corrected chi connectivity index (χ4v) is 2.64. The predicted octanol–water partition coefficient (Wildman–Crippen LogP) is 4.92. The number of hydrogen-bond acceptors (Lipinski definition) is 2. The van der Waals surface area contributed by atoms with Crippen molar-refractivity contribution in [1.82, 2.24) is 5.32 Å². The van der Waals surface area contributed by atoms with Gasteiger partial charge in [0.1, 0.15) is 0 Å². The van der Waals surface area contributed by atoms with E-state index in [-0.39, 0.29) is 0 Å². The van der Waals surface area contributed by atoms with Crippen LogP contribution in [0.3, 0.4) is 0 Å². The Hall–Kier alpha value is -0.0800. The highest BCUT2D eigenvalue weighted by Gasteiger charge is 2.06. The second-order valence-corrected chi connectivity index (χ2v) is 5.65. The minimum absolute atomic E-state index is 0.709. The van der Waals surface area contributed by atoms with Gasteiger partial charge in [0.15, 0.2) is 0 Å². The molecule has 0 saturated carbocycles. The number of rotatable bonds is 15. The van der Waals surface area contributed by atoms with Gasteiger partial charge in [-0.2, -0.15) is 0 Å². The van der Waals surface area contributed by atoms with Crippen LogP contribution in [0, 0.1) is 0 Å². The molecule has 2 heteroatoms. The minimum atomic E-state index is 0.709. The maximum absolute atomic E-state index is 5.13. The van der Waals surface area contributed by atoms with Gasteiger partial charge >= 0.3 is 0 Å². The van der Waals surface area contributed by atoms with Crippen LogP contribution in [0.5, 0.6) is 0 Å². The molecular weight excluding hydrogens is 234 g/mol. The Kier molecular flexibility index (Phi) is 15.9. The van der Waals surface area contributed by atoms with Crippen molar-refractivity contribution in [3.05, 3.63) is 0 Å². The van der Waals surface area contributed by atoms with E-state index >= 15 is 0 Å². The molecule has 2 nitrogen and oxygen atoms in total. The number of ether oxygens (including phenoxy) is 1. The first kappa shape index (κ1) is 18.9. The van der Waals surface area contributed by atoms with E-state index in [0.717, 1.165) is 13.2 Å². The maximum Gasteiger partial charge on any atom is 0.0462 e. The molecule has 0 fully saturated rings. The van der Waals surface area contributed by atoms with E-state index in [2.05, 4.69) is 19.2 Å². The number of unbranched alkanes of at least 4 members (excludes halogenated alkanes) is 7. The van der Waals surface area contributed by atoms with Crippen molar-refractivity contribution in [2.75, 3.05) is 20.3 Å². The molecule has 0 rings (SSSR count). The molecule has 19 heavy (non-hydrogen) atoms. The molecule has 0 radical (unpaired) electrons. The molecule has 1 N–H and O–H groups in total. The second kappa shape index (κ2) is 16.0. The number of methoxy groups -OCH3 is 1. The van der Waals surface area contributed by atoms with Crippen LogP contribution in [0.15, 0.2) is 0 Å². The predicted molar refractivity (Wildman–Crippen MR) is 85.8 cm³/mol. The molecule has 0 aliphatic rings. The highest BCUT2D eigenvalue weighted by molar-refractivity contribution is 4.66. The van der Waals surface area contributed by atoms with Gasteiger partial charge < -0.3 is 10.1 Å². The summed E-state index contributed by atoms with van der Waals surface area (Å²) in [7, 11) is 1.79. The number of hydrogen-bond donors (Lipinski definition) is 1. The SMILES string of the molecule is CCCCCCCCCCC(CCCOC)NCC. The molecule has 0 aromatic carbocycles. The molecule has 0 aromatic heterocycles. The van der Waals surface area contributed by atoms with Gasteiger partial charge in [-0.15, -0.1) is 0 Å². The Bertz CT molecular complexity index is 161. The van der Waals surface area contributed by atoms with Gasteiger partial charge in [0, 0.05) is 19.8 Å². The molecule has 0 aromatic rings. The number of nitrogens with one attached hydrogen (secondary N) is 1. The average molecular weight is 271 g/mol. The van der Waals surface area contributed by atoms with Gasteiger partial charge in [-0.05, 0) is 25.8 Å². The van der Waals surface area contributed by atoms with E-state index in [9.17, 15) is 0 Å². The first-order valence-corrected chi connectivity index (χ1v) is 8.57. The standard InChI is InChI=1S/C17H37NO/c1-4-6-7-8-9-10-11-12-14-17(18-5-2)15-13-16-19-3/h17-18H,4-16H2,1-3H3. The van der Waals surface area contributed by atoms with E-state index in [1.807, 2.05) is 0 Å². The largest absolute Gasteiger partial charge is 0.385 e. The molecule has 0 aliphatic carbocycles. The van der Waals surface area contributed by atoms with Crippen LogP contribution in [0.4, 0.5) is 0 Å². The summed E-state index contributed by atoms with van der Waals surface area (Å²) in [6.45, 7) is 6.48. The normalized spacial score (nSPS) is 12.8. The second-order valence-electron chi connectivity index (χ2n) is 5.65. The van der Waals surface area contributed by atoms with Crippen LogP contribution in [-0.2, 0) is 4.74 Å². The van der Waals surface area contributed by atoms with Crippen molar-refractivity contribution in [3.8, 4) is 0 Å². The summed E-state index contributed by atoms with van der Waals surface area (Å²) >= 11 is 0. The smallest absolute Gasteiger partial charge is 0.0462 e. The zero-order valence-corrected chi connectivity index (χ0v) is 13.7. The monoisotopic (exact) mass is 271 g/mol. The van der Waals surface area contributed by atoms with E-state index < -0.39 is 0 Å². The Morgan fingerprint density at radius 1 is 0.789 bits per heavy atom. The molecule has 1 unspecified atom stereocenters. The first-order chi connectivity index (χ1) is 9.35. The lowest BCUT2D eigenvalue weighted by atomic mass is 10.0. The Balaban J connectivity index is 3.36. The highest BCUT2D eigenvalue weighted by Crippen LogP contribution is 2.12. The third-order valence-corrected chi connectivity index (χ3v) is 3.80. The molecular formula is C17H37NO. The Morgan fingerprint density at radius 2 is 1.37 bits per heavy atom. The molecule has 0 spiro atoms. The lowest BCUT2D eigenvalue weighted by Gasteiger charge is -2.17. The van der Waals surface area contributed by atoms with Gasteiger partial charge in [-0.1, -0.05) is 65.2 Å². The van der Waals surface area contributed by atoms with Gasteiger partial charge in [0.2, 0.25) is 0 Å². The van der Waals surface area contributed by atoms with Gasteiger partial charge in [-0.25, -0.2) is 0 Å². The van der Waals surface area contributed by atoms with Crippen LogP contribution in [0.25, 0.3) is 0 Å².